The minimum atomic E-state index is -1.64. The first kappa shape index (κ1) is 37.9. The number of halogens is 6. The van der Waals surface area contributed by atoms with Gasteiger partial charge in [0.2, 0.25) is 0 Å². The Bertz CT molecular complexity index is 1610. The van der Waals surface area contributed by atoms with Crippen molar-refractivity contribution in [3.63, 3.8) is 0 Å². The van der Waals surface area contributed by atoms with Gasteiger partial charge in [-0.1, -0.05) is 104 Å². The second kappa shape index (κ2) is 14.5. The van der Waals surface area contributed by atoms with Gasteiger partial charge in [0.05, 0.1) is 43.3 Å². The molecule has 0 spiro atoms. The molecule has 2 aliphatic carbocycles. The van der Waals surface area contributed by atoms with Crippen molar-refractivity contribution < 1.29 is 38.1 Å². The van der Waals surface area contributed by atoms with Gasteiger partial charge in [0.25, 0.3) is 0 Å². The summed E-state index contributed by atoms with van der Waals surface area (Å²) in [5.74, 6) is -5.79. The molecule has 0 N–H and O–H groups in total. The number of rotatable bonds is 10. The topological polar surface area (TPSA) is 105 Å². The lowest BCUT2D eigenvalue weighted by Gasteiger charge is -2.51. The Morgan fingerprint density at radius 2 is 1.04 bits per heavy atom. The van der Waals surface area contributed by atoms with Crippen molar-refractivity contribution in [1.29, 1.82) is 0 Å². The molecule has 2 aliphatic rings. The van der Waals surface area contributed by atoms with E-state index >= 15 is 0 Å². The molecule has 0 amide bonds. The van der Waals surface area contributed by atoms with Gasteiger partial charge >= 0.3 is 23.9 Å². The molecule has 2 aromatic carbocycles. The highest BCUT2D eigenvalue weighted by molar-refractivity contribution is 6.47. The third kappa shape index (κ3) is 8.81. The van der Waals surface area contributed by atoms with Crippen LogP contribution in [-0.2, 0) is 19.1 Å². The van der Waals surface area contributed by atoms with Crippen LogP contribution in [0.15, 0.2) is 12.1 Å². The van der Waals surface area contributed by atoms with Crippen LogP contribution in [0.4, 0.5) is 0 Å². The number of carbonyl (C=O) groups is 4. The minimum absolute atomic E-state index is 0.00315. The molecule has 0 heterocycles. The second-order valence-electron chi connectivity index (χ2n) is 13.9. The van der Waals surface area contributed by atoms with E-state index in [1.807, 2.05) is 0 Å². The zero-order valence-corrected chi connectivity index (χ0v) is 31.0. The maximum Gasteiger partial charge on any atom is 0.423 e. The summed E-state index contributed by atoms with van der Waals surface area (Å²) in [6.07, 6.45) is 5.12. The first-order chi connectivity index (χ1) is 21.7. The molecule has 0 saturated heterocycles. The van der Waals surface area contributed by atoms with E-state index in [1.54, 1.807) is 0 Å². The van der Waals surface area contributed by atoms with E-state index in [9.17, 15) is 19.2 Å². The number of esters is 4. The van der Waals surface area contributed by atoms with E-state index in [1.165, 1.54) is 0 Å². The largest absolute Gasteiger partial charge is 0.462 e. The van der Waals surface area contributed by atoms with Crippen LogP contribution in [0, 0.1) is 22.2 Å². The molecule has 0 aliphatic heterocycles. The molecule has 0 unspecified atom stereocenters. The molecule has 2 aromatic rings. The van der Waals surface area contributed by atoms with Crippen LogP contribution in [-0.4, -0.2) is 37.1 Å². The summed E-state index contributed by atoms with van der Waals surface area (Å²) in [5.41, 5.74) is -0.664. The molecule has 47 heavy (non-hydrogen) atoms. The molecule has 0 bridgehead atoms. The number of hydrogen-bond acceptors (Lipinski definition) is 8. The van der Waals surface area contributed by atoms with Gasteiger partial charge in [-0.3, -0.25) is 0 Å². The summed E-state index contributed by atoms with van der Waals surface area (Å²) in [6, 6.07) is 2.25. The maximum absolute atomic E-state index is 13.1. The molecule has 0 atom stereocenters. The third-order valence-corrected chi connectivity index (χ3v) is 10.7. The van der Waals surface area contributed by atoms with E-state index < -0.39 is 46.5 Å². The lowest BCUT2D eigenvalue weighted by atomic mass is 9.54. The summed E-state index contributed by atoms with van der Waals surface area (Å²) in [5, 5.41) is -1.48. The summed E-state index contributed by atoms with van der Waals surface area (Å²) in [4.78, 5) is 52.2. The van der Waals surface area contributed by atoms with Crippen LogP contribution < -0.4 is 9.47 Å². The van der Waals surface area contributed by atoms with E-state index in [4.69, 9.17) is 88.6 Å². The average Bonchev–Trinajstić information content (AvgIpc) is 2.92. The number of ether oxygens (including phenoxy) is 4. The summed E-state index contributed by atoms with van der Waals surface area (Å²) in [7, 11) is 0. The van der Waals surface area contributed by atoms with Crippen LogP contribution in [0.5, 0.6) is 11.5 Å². The Kier molecular flexibility index (Phi) is 11.7. The molecule has 0 radical (unpaired) electrons. The van der Waals surface area contributed by atoms with Gasteiger partial charge in [0.1, 0.15) is 11.1 Å². The molecule has 8 nitrogen and oxygen atoms in total. The fourth-order valence-corrected chi connectivity index (χ4v) is 8.62. The van der Waals surface area contributed by atoms with E-state index in [0.717, 1.165) is 37.8 Å². The molecule has 2 fully saturated rings. The van der Waals surface area contributed by atoms with Crippen LogP contribution in [0.2, 0.25) is 30.1 Å². The summed E-state index contributed by atoms with van der Waals surface area (Å²) >= 11 is 37.4. The minimum Gasteiger partial charge on any atom is -0.462 e. The quantitative estimate of drug-likeness (QED) is 0.102. The van der Waals surface area contributed by atoms with Crippen LogP contribution in [0.1, 0.15) is 93.9 Å². The highest BCUT2D eigenvalue weighted by Gasteiger charge is 2.45. The molecule has 14 heteroatoms. The fraction of sp³-hybridized carbons (Fsp3) is 0.515. The van der Waals surface area contributed by atoms with Crippen LogP contribution in [0.3, 0.4) is 0 Å². The van der Waals surface area contributed by atoms with E-state index in [2.05, 4.69) is 34.6 Å². The number of hydrogen-bond donors (Lipinski definition) is 0. The normalized spacial score (nSPS) is 20.8. The van der Waals surface area contributed by atoms with Crippen molar-refractivity contribution >= 4 is 93.5 Å². The highest BCUT2D eigenvalue weighted by atomic mass is 35.5. The van der Waals surface area contributed by atoms with Crippen LogP contribution >= 0.6 is 69.6 Å². The van der Waals surface area contributed by atoms with Gasteiger partial charge < -0.3 is 18.9 Å². The summed E-state index contributed by atoms with van der Waals surface area (Å²) < 4.78 is 21.2. The van der Waals surface area contributed by atoms with Gasteiger partial charge in [0.15, 0.2) is 11.5 Å². The lowest BCUT2D eigenvalue weighted by Crippen LogP contribution is -2.41. The molecule has 256 valence electrons. The third-order valence-electron chi connectivity index (χ3n) is 8.59. The van der Waals surface area contributed by atoms with Gasteiger partial charge in [-0.2, -0.15) is 0 Å². The zero-order chi connectivity index (χ0) is 35.1. The highest BCUT2D eigenvalue weighted by Crippen LogP contribution is 2.55. The SMILES string of the molecule is CC1CC(C)(CCOC(=O)c2c(Cl)c(Cl)cc(Cl)c2OC(=O)C(=O)Oc2c(Cl)cc(Cl)c(Cl)c2C(=O)OCCC2(C)CC(C)(C)C2)C1. The molecule has 4 rings (SSSR count). The van der Waals surface area contributed by atoms with E-state index in [-0.39, 0.29) is 59.6 Å². The average molecular weight is 771 g/mol. The summed E-state index contributed by atoms with van der Waals surface area (Å²) in [6.45, 7) is 10.8. The zero-order valence-electron chi connectivity index (χ0n) is 26.4. The van der Waals surface area contributed by atoms with Gasteiger partial charge in [-0.15, -0.1) is 0 Å². The number of benzene rings is 2. The molecule has 0 aromatic heterocycles. The monoisotopic (exact) mass is 768 g/mol. The van der Waals surface area contributed by atoms with Crippen molar-refractivity contribution in [2.75, 3.05) is 13.2 Å². The maximum atomic E-state index is 13.1. The Morgan fingerprint density at radius 3 is 1.40 bits per heavy atom. The van der Waals surface area contributed by atoms with Crippen molar-refractivity contribution in [2.45, 2.75) is 73.1 Å². The smallest absolute Gasteiger partial charge is 0.423 e. The first-order valence-corrected chi connectivity index (χ1v) is 17.1. The Balaban J connectivity index is 1.49. The number of carbonyl (C=O) groups excluding carboxylic acids is 4. The van der Waals surface area contributed by atoms with Gasteiger partial charge in [0, 0.05) is 0 Å². The standard InChI is InChI=1S/C33H34Cl6O8/c1-16-12-32(4,13-16)6-8-44-27(40)21-23(38)17(34)10-19(36)25(21)46-29(42)30(43)47-26-20(37)11-18(35)24(39)22(26)28(41)45-9-7-33(5)14-31(2,3)15-33/h10-11,16H,6-9,12-15H2,1-5H3. The first-order valence-electron chi connectivity index (χ1n) is 14.9. The van der Waals surface area contributed by atoms with Gasteiger partial charge in [-0.25, -0.2) is 19.2 Å². The second-order valence-corrected chi connectivity index (χ2v) is 16.3. The van der Waals surface area contributed by atoms with Crippen molar-refractivity contribution in [1.82, 2.24) is 0 Å². The molecular weight excluding hydrogens is 737 g/mol. The van der Waals surface area contributed by atoms with Gasteiger partial charge in [-0.05, 0) is 72.8 Å². The van der Waals surface area contributed by atoms with Crippen molar-refractivity contribution in [3.05, 3.63) is 53.4 Å². The van der Waals surface area contributed by atoms with Crippen molar-refractivity contribution in [2.24, 2.45) is 22.2 Å². The van der Waals surface area contributed by atoms with E-state index in [0.29, 0.717) is 18.8 Å². The predicted molar refractivity (Wildman–Crippen MR) is 182 cm³/mol. The molecule has 2 saturated carbocycles. The predicted octanol–water partition coefficient (Wildman–Crippen LogP) is 10.5. The Morgan fingerprint density at radius 1 is 0.660 bits per heavy atom. The Labute approximate surface area is 303 Å². The lowest BCUT2D eigenvalue weighted by molar-refractivity contribution is -0.156. The van der Waals surface area contributed by atoms with Crippen molar-refractivity contribution in [3.8, 4) is 11.5 Å². The van der Waals surface area contributed by atoms with Crippen LogP contribution in [0.25, 0.3) is 0 Å². The molecular formula is C33H34Cl6O8. The fourth-order valence-electron chi connectivity index (χ4n) is 7.18. The Hall–Kier alpha value is -1.94.